The third-order valence-corrected chi connectivity index (χ3v) is 2.71. The molecule has 0 aliphatic rings. The number of hydrogen-bond donors (Lipinski definition) is 0. The zero-order chi connectivity index (χ0) is 14.1. The Hall–Kier alpha value is -1.19. The molecule has 0 bridgehead atoms. The molecule has 0 atom stereocenters. The van der Waals surface area contributed by atoms with E-state index in [1.54, 1.807) is 11.0 Å². The molecule has 0 N–H and O–H groups in total. The average Bonchev–Trinajstić information content (AvgIpc) is 2.13. The molecule has 0 saturated heterocycles. The standard InChI is InChI=1S/C14H20F3N/c1-10(2)18(13(3,4)5)12-9-7-6-8-11(12)14(15,16)17/h6-10H,1-5H3. The predicted molar refractivity (Wildman–Crippen MR) is 68.8 cm³/mol. The molecule has 0 unspecified atom stereocenters. The van der Waals surface area contributed by atoms with E-state index in [0.717, 1.165) is 6.07 Å². The Bertz CT molecular complexity index is 402. The van der Waals surface area contributed by atoms with Crippen molar-refractivity contribution in [3.63, 3.8) is 0 Å². The van der Waals surface area contributed by atoms with Gasteiger partial charge in [0.25, 0.3) is 0 Å². The van der Waals surface area contributed by atoms with E-state index in [1.807, 2.05) is 34.6 Å². The summed E-state index contributed by atoms with van der Waals surface area (Å²) in [6, 6.07) is 5.73. The van der Waals surface area contributed by atoms with Gasteiger partial charge < -0.3 is 4.90 Å². The largest absolute Gasteiger partial charge is 0.418 e. The lowest BCUT2D eigenvalue weighted by molar-refractivity contribution is -0.137. The van der Waals surface area contributed by atoms with Crippen LogP contribution in [0.15, 0.2) is 24.3 Å². The Morgan fingerprint density at radius 3 is 1.89 bits per heavy atom. The number of halogens is 3. The van der Waals surface area contributed by atoms with Gasteiger partial charge in [-0.1, -0.05) is 12.1 Å². The van der Waals surface area contributed by atoms with Crippen LogP contribution in [0.5, 0.6) is 0 Å². The summed E-state index contributed by atoms with van der Waals surface area (Å²) in [6.07, 6.45) is -4.32. The first-order valence-electron chi connectivity index (χ1n) is 6.00. The molecular weight excluding hydrogens is 239 g/mol. The first-order chi connectivity index (χ1) is 8.05. The molecule has 1 aromatic carbocycles. The molecule has 0 spiro atoms. The number of nitrogens with zero attached hydrogens (tertiary/aromatic N) is 1. The number of para-hydroxylation sites is 1. The summed E-state index contributed by atoms with van der Waals surface area (Å²) < 4.78 is 39.1. The zero-order valence-corrected chi connectivity index (χ0v) is 11.5. The minimum atomic E-state index is -4.32. The summed E-state index contributed by atoms with van der Waals surface area (Å²) in [5.74, 6) is 0. The number of rotatable bonds is 2. The SMILES string of the molecule is CC(C)N(c1ccccc1C(F)(F)F)C(C)(C)C. The summed E-state index contributed by atoms with van der Waals surface area (Å²) >= 11 is 0. The van der Waals surface area contributed by atoms with Gasteiger partial charge in [0.15, 0.2) is 0 Å². The average molecular weight is 259 g/mol. The Kier molecular flexibility index (Phi) is 3.99. The molecule has 1 aromatic rings. The first kappa shape index (κ1) is 14.9. The number of hydrogen-bond acceptors (Lipinski definition) is 1. The van der Waals surface area contributed by atoms with Crippen molar-refractivity contribution < 1.29 is 13.2 Å². The van der Waals surface area contributed by atoms with Crippen molar-refractivity contribution in [1.82, 2.24) is 0 Å². The molecule has 0 amide bonds. The van der Waals surface area contributed by atoms with Gasteiger partial charge in [-0.3, -0.25) is 0 Å². The van der Waals surface area contributed by atoms with Crippen molar-refractivity contribution in [3.8, 4) is 0 Å². The van der Waals surface area contributed by atoms with E-state index in [1.165, 1.54) is 12.1 Å². The van der Waals surface area contributed by atoms with Crippen LogP contribution in [0.2, 0.25) is 0 Å². The Labute approximate surface area is 107 Å². The summed E-state index contributed by atoms with van der Waals surface area (Å²) in [7, 11) is 0. The van der Waals surface area contributed by atoms with Gasteiger partial charge in [-0.2, -0.15) is 13.2 Å². The van der Waals surface area contributed by atoms with Crippen molar-refractivity contribution in [3.05, 3.63) is 29.8 Å². The third kappa shape index (κ3) is 3.18. The van der Waals surface area contributed by atoms with E-state index >= 15 is 0 Å². The fraction of sp³-hybridized carbons (Fsp3) is 0.571. The van der Waals surface area contributed by atoms with E-state index in [0.29, 0.717) is 0 Å². The van der Waals surface area contributed by atoms with Crippen LogP contribution in [0.4, 0.5) is 18.9 Å². The van der Waals surface area contributed by atoms with Crippen LogP contribution in [-0.2, 0) is 6.18 Å². The second-order valence-corrected chi connectivity index (χ2v) is 5.65. The summed E-state index contributed by atoms with van der Waals surface area (Å²) in [5, 5.41) is 0. The molecule has 0 aliphatic carbocycles. The summed E-state index contributed by atoms with van der Waals surface area (Å²) in [6.45, 7) is 9.55. The normalized spacial score (nSPS) is 12.9. The van der Waals surface area contributed by atoms with Gasteiger partial charge in [-0.25, -0.2) is 0 Å². The van der Waals surface area contributed by atoms with Crippen LogP contribution in [-0.4, -0.2) is 11.6 Å². The van der Waals surface area contributed by atoms with Crippen LogP contribution >= 0.6 is 0 Å². The van der Waals surface area contributed by atoms with Crippen LogP contribution in [0.3, 0.4) is 0 Å². The molecule has 0 heterocycles. The lowest BCUT2D eigenvalue weighted by atomic mass is 10.00. The fourth-order valence-corrected chi connectivity index (χ4v) is 2.34. The number of alkyl halides is 3. The fourth-order valence-electron chi connectivity index (χ4n) is 2.34. The van der Waals surface area contributed by atoms with Crippen LogP contribution in [0, 0.1) is 0 Å². The van der Waals surface area contributed by atoms with Crippen molar-refractivity contribution >= 4 is 5.69 Å². The maximum atomic E-state index is 13.0. The maximum absolute atomic E-state index is 13.0. The van der Waals surface area contributed by atoms with E-state index in [-0.39, 0.29) is 17.3 Å². The molecular formula is C14H20F3N. The molecule has 0 fully saturated rings. The van der Waals surface area contributed by atoms with Gasteiger partial charge in [-0.15, -0.1) is 0 Å². The van der Waals surface area contributed by atoms with Crippen LogP contribution < -0.4 is 4.90 Å². The Balaban J connectivity index is 3.39. The van der Waals surface area contributed by atoms with Gasteiger partial charge in [0.1, 0.15) is 0 Å². The molecule has 1 rings (SSSR count). The van der Waals surface area contributed by atoms with Crippen molar-refractivity contribution in [2.45, 2.75) is 52.4 Å². The van der Waals surface area contributed by atoms with Crippen molar-refractivity contribution in [1.29, 1.82) is 0 Å². The number of anilines is 1. The van der Waals surface area contributed by atoms with Crippen LogP contribution in [0.1, 0.15) is 40.2 Å². The molecule has 18 heavy (non-hydrogen) atoms. The summed E-state index contributed by atoms with van der Waals surface area (Å²) in [5.41, 5.74) is -0.698. The Morgan fingerprint density at radius 1 is 1.00 bits per heavy atom. The van der Waals surface area contributed by atoms with Gasteiger partial charge in [0.2, 0.25) is 0 Å². The number of benzene rings is 1. The highest BCUT2D eigenvalue weighted by molar-refractivity contribution is 5.57. The highest BCUT2D eigenvalue weighted by Crippen LogP contribution is 2.39. The molecule has 102 valence electrons. The highest BCUT2D eigenvalue weighted by atomic mass is 19.4. The van der Waals surface area contributed by atoms with E-state index < -0.39 is 11.7 Å². The smallest absolute Gasteiger partial charge is 0.364 e. The quantitative estimate of drug-likeness (QED) is 0.743. The first-order valence-corrected chi connectivity index (χ1v) is 6.00. The molecule has 0 aliphatic heterocycles. The second kappa shape index (κ2) is 4.82. The van der Waals surface area contributed by atoms with Gasteiger partial charge in [0.05, 0.1) is 5.56 Å². The predicted octanol–water partition coefficient (Wildman–Crippen LogP) is 4.72. The van der Waals surface area contributed by atoms with Crippen molar-refractivity contribution in [2.75, 3.05) is 4.90 Å². The molecule has 0 aromatic heterocycles. The van der Waals surface area contributed by atoms with Gasteiger partial charge in [-0.05, 0) is 46.8 Å². The lowest BCUT2D eigenvalue weighted by Gasteiger charge is -2.42. The minimum Gasteiger partial charge on any atom is -0.364 e. The third-order valence-electron chi connectivity index (χ3n) is 2.71. The molecule has 1 nitrogen and oxygen atoms in total. The Morgan fingerprint density at radius 2 is 1.50 bits per heavy atom. The topological polar surface area (TPSA) is 3.24 Å². The lowest BCUT2D eigenvalue weighted by Crippen LogP contribution is -2.47. The summed E-state index contributed by atoms with van der Waals surface area (Å²) in [4.78, 5) is 1.80. The molecule has 4 heteroatoms. The van der Waals surface area contributed by atoms with Crippen molar-refractivity contribution in [2.24, 2.45) is 0 Å². The monoisotopic (exact) mass is 259 g/mol. The van der Waals surface area contributed by atoms with Crippen LogP contribution in [0.25, 0.3) is 0 Å². The van der Waals surface area contributed by atoms with E-state index in [9.17, 15) is 13.2 Å². The van der Waals surface area contributed by atoms with Gasteiger partial charge >= 0.3 is 6.18 Å². The van der Waals surface area contributed by atoms with E-state index in [4.69, 9.17) is 0 Å². The second-order valence-electron chi connectivity index (χ2n) is 5.65. The maximum Gasteiger partial charge on any atom is 0.418 e. The highest BCUT2D eigenvalue weighted by Gasteiger charge is 2.37. The van der Waals surface area contributed by atoms with E-state index in [2.05, 4.69) is 0 Å². The zero-order valence-electron chi connectivity index (χ0n) is 11.5. The molecule has 0 saturated carbocycles. The van der Waals surface area contributed by atoms with Gasteiger partial charge in [0, 0.05) is 17.3 Å². The minimum absolute atomic E-state index is 0.00602. The molecule has 0 radical (unpaired) electrons.